The zero-order chi connectivity index (χ0) is 27.1. The van der Waals surface area contributed by atoms with E-state index in [-0.39, 0.29) is 23.8 Å². The van der Waals surface area contributed by atoms with Gasteiger partial charge in [-0.15, -0.1) is 0 Å². The molecule has 0 saturated carbocycles. The van der Waals surface area contributed by atoms with Gasteiger partial charge in [0.1, 0.15) is 23.2 Å². The molecule has 2 aromatic carbocycles. The van der Waals surface area contributed by atoms with Crippen LogP contribution in [0.2, 0.25) is 0 Å². The predicted octanol–water partition coefficient (Wildman–Crippen LogP) is 4.53. The zero-order valence-electron chi connectivity index (χ0n) is 21.2. The number of pyridine rings is 1. The second kappa shape index (κ2) is 12.5. The van der Waals surface area contributed by atoms with Crippen LogP contribution >= 0.6 is 0 Å². The average molecular weight is 516 g/mol. The van der Waals surface area contributed by atoms with Crippen molar-refractivity contribution in [1.82, 2.24) is 9.88 Å². The minimum atomic E-state index is -0.848. The monoisotopic (exact) mass is 515 g/mol. The largest absolute Gasteiger partial charge is 0.497 e. The fourth-order valence-corrected chi connectivity index (χ4v) is 5.22. The van der Waals surface area contributed by atoms with Crippen molar-refractivity contribution in [3.05, 3.63) is 71.2 Å². The average Bonchev–Trinajstić information content (AvgIpc) is 2.91. The van der Waals surface area contributed by atoms with Gasteiger partial charge < -0.3 is 14.9 Å². The van der Waals surface area contributed by atoms with Crippen LogP contribution in [-0.2, 0) is 4.79 Å². The van der Waals surface area contributed by atoms with Crippen molar-refractivity contribution in [3.8, 4) is 23.7 Å². The summed E-state index contributed by atoms with van der Waals surface area (Å²) in [5, 5.41) is 30.6. The number of fused-ring (bicyclic) bond motifs is 1. The highest BCUT2D eigenvalue weighted by molar-refractivity contribution is 5.83. The molecule has 0 radical (unpaired) electrons. The van der Waals surface area contributed by atoms with Gasteiger partial charge in [-0.1, -0.05) is 17.9 Å². The molecule has 0 amide bonds. The number of aliphatic carboxylic acids is 1. The lowest BCUT2D eigenvalue weighted by Gasteiger charge is -2.37. The van der Waals surface area contributed by atoms with Crippen molar-refractivity contribution in [1.29, 1.82) is 5.26 Å². The number of nitriles is 1. The third-order valence-corrected chi connectivity index (χ3v) is 7.22. The molecule has 0 spiro atoms. The number of hydrogen-bond acceptors (Lipinski definition) is 6. The number of aliphatic hydroxyl groups is 1. The minimum Gasteiger partial charge on any atom is -0.497 e. The maximum atomic E-state index is 13.8. The second-order valence-corrected chi connectivity index (χ2v) is 9.59. The van der Waals surface area contributed by atoms with E-state index in [9.17, 15) is 24.7 Å². The van der Waals surface area contributed by atoms with Gasteiger partial charge in [-0.2, -0.15) is 5.26 Å². The Morgan fingerprint density at radius 3 is 2.89 bits per heavy atom. The minimum absolute atomic E-state index is 0.0442. The molecule has 196 valence electrons. The van der Waals surface area contributed by atoms with Crippen LogP contribution in [0.1, 0.15) is 48.5 Å². The maximum absolute atomic E-state index is 13.8. The van der Waals surface area contributed by atoms with Crippen molar-refractivity contribution in [2.24, 2.45) is 11.8 Å². The molecular weight excluding hydrogens is 485 g/mol. The molecule has 4 rings (SSSR count). The first-order valence-corrected chi connectivity index (χ1v) is 12.6. The van der Waals surface area contributed by atoms with Gasteiger partial charge in [0, 0.05) is 30.1 Å². The Labute approximate surface area is 221 Å². The Balaban J connectivity index is 1.40. The number of halogens is 1. The van der Waals surface area contributed by atoms with Gasteiger partial charge in [-0.25, -0.2) is 4.39 Å². The van der Waals surface area contributed by atoms with E-state index in [4.69, 9.17) is 4.74 Å². The van der Waals surface area contributed by atoms with Gasteiger partial charge in [-0.05, 0) is 79.6 Å². The SMILES string of the molecule is COc1ccc2nccc(C(O)CC[C@@H]3CCN(CC#Cc4cccc(F)c4C#N)C[C@@H]3CC(=O)O)c2c1. The Kier molecular flexibility index (Phi) is 8.91. The molecule has 1 aliphatic rings. The maximum Gasteiger partial charge on any atom is 0.303 e. The molecule has 1 aliphatic heterocycles. The molecule has 38 heavy (non-hydrogen) atoms. The normalized spacial score (nSPS) is 18.3. The van der Waals surface area contributed by atoms with Crippen molar-refractivity contribution >= 4 is 16.9 Å². The molecule has 1 fully saturated rings. The van der Waals surface area contributed by atoms with Gasteiger partial charge in [0.2, 0.25) is 0 Å². The molecule has 0 aliphatic carbocycles. The van der Waals surface area contributed by atoms with Gasteiger partial charge in [0.05, 0.1) is 25.3 Å². The van der Waals surface area contributed by atoms with E-state index in [0.717, 1.165) is 29.4 Å². The van der Waals surface area contributed by atoms with Crippen LogP contribution < -0.4 is 4.74 Å². The summed E-state index contributed by atoms with van der Waals surface area (Å²) >= 11 is 0. The van der Waals surface area contributed by atoms with Crippen LogP contribution in [0.15, 0.2) is 48.7 Å². The molecule has 2 heterocycles. The van der Waals surface area contributed by atoms with Crippen LogP contribution in [0.3, 0.4) is 0 Å². The summed E-state index contributed by atoms with van der Waals surface area (Å²) in [5.41, 5.74) is 1.84. The van der Waals surface area contributed by atoms with E-state index in [1.165, 1.54) is 12.1 Å². The fourth-order valence-electron chi connectivity index (χ4n) is 5.22. The van der Waals surface area contributed by atoms with E-state index >= 15 is 0 Å². The fraction of sp³-hybridized carbons (Fsp3) is 0.367. The number of carboxylic acids is 1. The van der Waals surface area contributed by atoms with Gasteiger partial charge in [0.15, 0.2) is 0 Å². The number of ether oxygens (including phenoxy) is 1. The molecule has 7 nitrogen and oxygen atoms in total. The molecule has 0 bridgehead atoms. The molecule has 8 heteroatoms. The highest BCUT2D eigenvalue weighted by Crippen LogP contribution is 2.34. The summed E-state index contributed by atoms with van der Waals surface area (Å²) in [7, 11) is 1.60. The first kappa shape index (κ1) is 27.1. The number of aliphatic hydroxyl groups excluding tert-OH is 1. The number of rotatable bonds is 8. The summed E-state index contributed by atoms with van der Waals surface area (Å²) in [6.07, 6.45) is 3.02. The molecule has 2 N–H and O–H groups in total. The Morgan fingerprint density at radius 1 is 1.29 bits per heavy atom. The van der Waals surface area contributed by atoms with E-state index in [0.29, 0.717) is 37.2 Å². The van der Waals surface area contributed by atoms with Crippen LogP contribution in [0.25, 0.3) is 10.9 Å². The van der Waals surface area contributed by atoms with Gasteiger partial charge in [0.25, 0.3) is 0 Å². The molecule has 3 aromatic rings. The summed E-state index contributed by atoms with van der Waals surface area (Å²) in [6.45, 7) is 1.72. The Morgan fingerprint density at radius 2 is 2.13 bits per heavy atom. The van der Waals surface area contributed by atoms with E-state index in [2.05, 4.69) is 21.7 Å². The van der Waals surface area contributed by atoms with Crippen molar-refractivity contribution < 1.29 is 24.1 Å². The summed E-state index contributed by atoms with van der Waals surface area (Å²) < 4.78 is 19.1. The predicted molar refractivity (Wildman–Crippen MR) is 141 cm³/mol. The number of hydrogen-bond donors (Lipinski definition) is 2. The standard InChI is InChI=1S/C30H30FN3O4/c1-38-23-8-9-28-25(17-23)24(11-13-33-28)29(35)10-7-20-12-15-34(19-22(20)16-30(36)37)14-3-5-21-4-2-6-27(31)26(21)18-32/h2,4,6,8-9,11,13,17,20,22,29,35H,7,10,12,14-16,19H2,1H3,(H,36,37)/t20-,22+,29?/m1/s1. The third kappa shape index (κ3) is 6.47. The number of benzene rings is 2. The van der Waals surface area contributed by atoms with Crippen LogP contribution in [-0.4, -0.2) is 52.8 Å². The van der Waals surface area contributed by atoms with Crippen LogP contribution in [0.4, 0.5) is 4.39 Å². The lowest BCUT2D eigenvalue weighted by molar-refractivity contribution is -0.139. The first-order valence-electron chi connectivity index (χ1n) is 12.6. The van der Waals surface area contributed by atoms with E-state index < -0.39 is 17.9 Å². The summed E-state index contributed by atoms with van der Waals surface area (Å²) in [6, 6.07) is 13.6. The van der Waals surface area contributed by atoms with E-state index in [1.54, 1.807) is 19.4 Å². The topological polar surface area (TPSA) is 107 Å². The lowest BCUT2D eigenvalue weighted by Crippen LogP contribution is -2.41. The van der Waals surface area contributed by atoms with Gasteiger partial charge >= 0.3 is 5.97 Å². The van der Waals surface area contributed by atoms with Crippen molar-refractivity contribution in [3.63, 3.8) is 0 Å². The summed E-state index contributed by atoms with van der Waals surface area (Å²) in [4.78, 5) is 18.1. The highest BCUT2D eigenvalue weighted by atomic mass is 19.1. The number of likely N-dealkylation sites (tertiary alicyclic amines) is 1. The third-order valence-electron chi connectivity index (χ3n) is 7.22. The van der Waals surface area contributed by atoms with Crippen molar-refractivity contribution in [2.75, 3.05) is 26.7 Å². The quantitative estimate of drug-likeness (QED) is 0.425. The number of nitrogens with zero attached hydrogens (tertiary/aromatic N) is 3. The smallest absolute Gasteiger partial charge is 0.303 e. The molecule has 1 unspecified atom stereocenters. The van der Waals surface area contributed by atoms with Crippen LogP contribution in [0.5, 0.6) is 5.75 Å². The molecular formula is C30H30FN3O4. The van der Waals surface area contributed by atoms with Crippen molar-refractivity contribution in [2.45, 2.75) is 31.8 Å². The van der Waals surface area contributed by atoms with Gasteiger partial charge in [-0.3, -0.25) is 14.7 Å². The number of aromatic nitrogens is 1. The Hall–Kier alpha value is -3.98. The number of piperidine rings is 1. The highest BCUT2D eigenvalue weighted by Gasteiger charge is 2.31. The summed E-state index contributed by atoms with van der Waals surface area (Å²) in [5.74, 6) is 5.22. The zero-order valence-corrected chi connectivity index (χ0v) is 21.2. The first-order chi connectivity index (χ1) is 18.4. The molecule has 3 atom stereocenters. The Bertz CT molecular complexity index is 1410. The molecule has 1 saturated heterocycles. The second-order valence-electron chi connectivity index (χ2n) is 9.59. The lowest BCUT2D eigenvalue weighted by atomic mass is 9.79. The number of methoxy groups -OCH3 is 1. The van der Waals surface area contributed by atoms with E-state index in [1.807, 2.05) is 30.3 Å². The number of carbonyl (C=O) groups is 1. The van der Waals surface area contributed by atoms with Crippen LogP contribution in [0, 0.1) is 40.8 Å². The number of carboxylic acid groups (broad SMARTS) is 1. The molecule has 1 aromatic heterocycles.